The molecule has 1 atom stereocenters. The number of amides is 1. The Kier molecular flexibility index (Phi) is 4.62. The number of carbonyl (C=O) groups is 1. The van der Waals surface area contributed by atoms with Crippen LogP contribution >= 0.6 is 0 Å². The minimum absolute atomic E-state index is 0.0100. The number of likely N-dealkylation sites (tertiary alicyclic amines) is 1. The number of hydrogen-bond donors (Lipinski definition) is 1. The van der Waals surface area contributed by atoms with Crippen LogP contribution in [0, 0.1) is 5.82 Å². The van der Waals surface area contributed by atoms with Crippen LogP contribution in [0.2, 0.25) is 0 Å². The molecule has 0 unspecified atom stereocenters. The fraction of sp³-hybridized carbons (Fsp3) is 0.348. The maximum absolute atomic E-state index is 13.4. The van der Waals surface area contributed by atoms with Gasteiger partial charge < -0.3 is 19.8 Å². The van der Waals surface area contributed by atoms with Gasteiger partial charge in [0.05, 0.1) is 18.3 Å². The predicted molar refractivity (Wildman–Crippen MR) is 110 cm³/mol. The fourth-order valence-corrected chi connectivity index (χ4v) is 4.51. The van der Waals surface area contributed by atoms with Gasteiger partial charge in [-0.15, -0.1) is 0 Å². The lowest BCUT2D eigenvalue weighted by Crippen LogP contribution is -2.64. The molecule has 156 valence electrons. The summed E-state index contributed by atoms with van der Waals surface area (Å²) in [5.41, 5.74) is 5.85. The number of rotatable bonds is 2. The number of nitrogens with one attached hydrogen (secondary N) is 1. The van der Waals surface area contributed by atoms with Crippen LogP contribution in [0.1, 0.15) is 36.9 Å². The summed E-state index contributed by atoms with van der Waals surface area (Å²) in [5, 5.41) is 2.15. The summed E-state index contributed by atoms with van der Waals surface area (Å²) < 4.78 is 25.1. The van der Waals surface area contributed by atoms with Gasteiger partial charge in [-0.2, -0.15) is 5.01 Å². The molecule has 1 amide bonds. The van der Waals surface area contributed by atoms with Gasteiger partial charge in [-0.3, -0.25) is 0 Å². The van der Waals surface area contributed by atoms with Gasteiger partial charge in [-0.1, -0.05) is 18.2 Å². The van der Waals surface area contributed by atoms with E-state index in [1.807, 2.05) is 25.1 Å². The second kappa shape index (κ2) is 7.32. The number of fused-ring (bicyclic) bond motifs is 4. The van der Waals surface area contributed by atoms with Gasteiger partial charge in [-0.05, 0) is 48.9 Å². The molecule has 0 bridgehead atoms. The van der Waals surface area contributed by atoms with Crippen molar-refractivity contribution in [2.75, 3.05) is 19.7 Å². The van der Waals surface area contributed by atoms with Gasteiger partial charge in [0.2, 0.25) is 0 Å². The summed E-state index contributed by atoms with van der Waals surface area (Å²) in [5.74, 6) is 0.605. The molecular weight excluding hydrogens is 385 g/mol. The minimum atomic E-state index is -0.583. The number of carbonyl (C=O) groups excluding carboxylic acids is 1. The Morgan fingerprint density at radius 2 is 1.93 bits per heavy atom. The SMILES string of the molecule is CCOC(=O)N1CCC2(CC1)Oc1ccccc1[C@@H]1C=C(c3ccc(F)cc3)NN12. The molecule has 0 aromatic heterocycles. The van der Waals surface area contributed by atoms with Crippen LogP contribution in [0.5, 0.6) is 5.75 Å². The molecule has 2 aromatic carbocycles. The highest BCUT2D eigenvalue weighted by Gasteiger charge is 2.52. The standard InChI is InChI=1S/C23H24FN3O3/c1-2-29-22(28)26-13-11-23(12-14-26)27-20(18-5-3-4-6-21(18)30-23)15-19(25-27)16-7-9-17(24)10-8-16/h3-10,15,20,25H,2,11-14H2,1H3/t20-/m0/s1. The molecule has 0 aliphatic carbocycles. The van der Waals surface area contributed by atoms with E-state index in [2.05, 4.69) is 22.6 Å². The summed E-state index contributed by atoms with van der Waals surface area (Å²) in [6.45, 7) is 3.28. The normalized spacial score (nSPS) is 21.9. The van der Waals surface area contributed by atoms with E-state index < -0.39 is 5.72 Å². The molecule has 1 fully saturated rings. The van der Waals surface area contributed by atoms with Gasteiger partial charge in [0.1, 0.15) is 11.6 Å². The van der Waals surface area contributed by atoms with Crippen LogP contribution in [0.25, 0.3) is 5.70 Å². The Morgan fingerprint density at radius 3 is 2.67 bits per heavy atom. The lowest BCUT2D eigenvalue weighted by molar-refractivity contribution is -0.157. The monoisotopic (exact) mass is 409 g/mol. The van der Waals surface area contributed by atoms with E-state index in [0.717, 1.165) is 22.6 Å². The molecule has 3 aliphatic heterocycles. The third-order valence-electron chi connectivity index (χ3n) is 6.05. The Labute approximate surface area is 174 Å². The third kappa shape index (κ3) is 3.10. The van der Waals surface area contributed by atoms with Crippen LogP contribution in [-0.2, 0) is 4.74 Å². The number of para-hydroxylation sites is 1. The highest BCUT2D eigenvalue weighted by molar-refractivity contribution is 5.68. The third-order valence-corrected chi connectivity index (χ3v) is 6.05. The average molecular weight is 409 g/mol. The summed E-state index contributed by atoms with van der Waals surface area (Å²) in [6.07, 6.45) is 3.18. The van der Waals surface area contributed by atoms with E-state index in [0.29, 0.717) is 32.5 Å². The molecule has 3 heterocycles. The molecule has 1 saturated heterocycles. The van der Waals surface area contributed by atoms with Crippen molar-refractivity contribution in [3.63, 3.8) is 0 Å². The first-order valence-corrected chi connectivity index (χ1v) is 10.3. The number of ether oxygens (including phenoxy) is 2. The van der Waals surface area contributed by atoms with Crippen LogP contribution in [0.4, 0.5) is 9.18 Å². The van der Waals surface area contributed by atoms with Crippen molar-refractivity contribution in [1.29, 1.82) is 0 Å². The first-order valence-electron chi connectivity index (χ1n) is 10.3. The van der Waals surface area contributed by atoms with E-state index in [4.69, 9.17) is 9.47 Å². The van der Waals surface area contributed by atoms with Crippen molar-refractivity contribution in [1.82, 2.24) is 15.3 Å². The zero-order chi connectivity index (χ0) is 20.7. The number of hydrazine groups is 1. The van der Waals surface area contributed by atoms with E-state index in [1.165, 1.54) is 12.1 Å². The van der Waals surface area contributed by atoms with Crippen LogP contribution in [0.15, 0.2) is 54.6 Å². The summed E-state index contributed by atoms with van der Waals surface area (Å²) >= 11 is 0. The van der Waals surface area contributed by atoms with Crippen molar-refractivity contribution in [2.24, 2.45) is 0 Å². The molecule has 30 heavy (non-hydrogen) atoms. The Morgan fingerprint density at radius 1 is 1.20 bits per heavy atom. The van der Waals surface area contributed by atoms with E-state index in [-0.39, 0.29) is 18.0 Å². The summed E-state index contributed by atoms with van der Waals surface area (Å²) in [7, 11) is 0. The zero-order valence-electron chi connectivity index (χ0n) is 16.8. The molecule has 1 N–H and O–H groups in total. The molecule has 2 aromatic rings. The van der Waals surface area contributed by atoms with Gasteiger partial charge in [-0.25, -0.2) is 9.18 Å². The largest absolute Gasteiger partial charge is 0.470 e. The zero-order valence-corrected chi connectivity index (χ0v) is 16.8. The Bertz CT molecular complexity index is 983. The molecule has 0 saturated carbocycles. The van der Waals surface area contributed by atoms with E-state index >= 15 is 0 Å². The van der Waals surface area contributed by atoms with Gasteiger partial charge >= 0.3 is 6.09 Å². The number of halogens is 1. The van der Waals surface area contributed by atoms with Crippen molar-refractivity contribution in [3.8, 4) is 5.75 Å². The van der Waals surface area contributed by atoms with Crippen molar-refractivity contribution >= 4 is 11.8 Å². The highest BCUT2D eigenvalue weighted by Crippen LogP contribution is 2.48. The quantitative estimate of drug-likeness (QED) is 0.811. The van der Waals surface area contributed by atoms with Crippen LogP contribution in [-0.4, -0.2) is 41.4 Å². The first kappa shape index (κ1) is 18.9. The van der Waals surface area contributed by atoms with Gasteiger partial charge in [0.15, 0.2) is 5.72 Å². The maximum Gasteiger partial charge on any atom is 0.409 e. The lowest BCUT2D eigenvalue weighted by atomic mass is 9.93. The summed E-state index contributed by atoms with van der Waals surface area (Å²) in [4.78, 5) is 13.9. The summed E-state index contributed by atoms with van der Waals surface area (Å²) in [6, 6.07) is 14.5. The second-order valence-electron chi connectivity index (χ2n) is 7.79. The Balaban J connectivity index is 1.46. The number of benzene rings is 2. The lowest BCUT2D eigenvalue weighted by Gasteiger charge is -2.51. The molecule has 1 spiro atoms. The topological polar surface area (TPSA) is 54.0 Å². The van der Waals surface area contributed by atoms with E-state index in [1.54, 1.807) is 17.0 Å². The molecule has 0 radical (unpaired) electrons. The van der Waals surface area contributed by atoms with Crippen LogP contribution in [0.3, 0.4) is 0 Å². The van der Waals surface area contributed by atoms with Crippen molar-refractivity contribution in [2.45, 2.75) is 31.5 Å². The van der Waals surface area contributed by atoms with Crippen LogP contribution < -0.4 is 10.2 Å². The van der Waals surface area contributed by atoms with Crippen molar-refractivity contribution < 1.29 is 18.7 Å². The highest BCUT2D eigenvalue weighted by atomic mass is 19.1. The van der Waals surface area contributed by atoms with Crippen molar-refractivity contribution in [3.05, 3.63) is 71.6 Å². The molecule has 7 heteroatoms. The number of piperidine rings is 1. The maximum atomic E-state index is 13.4. The number of nitrogens with zero attached hydrogens (tertiary/aromatic N) is 2. The molecule has 5 rings (SSSR count). The molecular formula is C23H24FN3O3. The molecule has 3 aliphatic rings. The van der Waals surface area contributed by atoms with Gasteiger partial charge in [0, 0.05) is 31.5 Å². The smallest absolute Gasteiger partial charge is 0.409 e. The average Bonchev–Trinajstić information content (AvgIpc) is 3.22. The minimum Gasteiger partial charge on any atom is -0.470 e. The number of hydrogen-bond acceptors (Lipinski definition) is 5. The first-order chi connectivity index (χ1) is 14.6. The molecule has 6 nitrogen and oxygen atoms in total. The Hall–Kier alpha value is -3.06. The fourth-order valence-electron chi connectivity index (χ4n) is 4.51. The predicted octanol–water partition coefficient (Wildman–Crippen LogP) is 4.07. The second-order valence-corrected chi connectivity index (χ2v) is 7.79. The van der Waals surface area contributed by atoms with Gasteiger partial charge in [0.25, 0.3) is 0 Å². The van der Waals surface area contributed by atoms with E-state index in [9.17, 15) is 9.18 Å².